The van der Waals surface area contributed by atoms with Crippen molar-refractivity contribution >= 4 is 21.9 Å². The largest absolute Gasteiger partial charge is 0.480 e. The van der Waals surface area contributed by atoms with Gasteiger partial charge in [0.2, 0.25) is 0 Å². The zero-order valence-corrected chi connectivity index (χ0v) is 8.98. The Morgan fingerprint density at radius 1 is 1.71 bits per heavy atom. The van der Waals surface area contributed by atoms with E-state index in [0.717, 1.165) is 0 Å². The van der Waals surface area contributed by atoms with Crippen LogP contribution >= 0.6 is 15.9 Å². The second kappa shape index (κ2) is 4.12. The minimum absolute atomic E-state index is 0.173. The maximum absolute atomic E-state index is 10.5. The molecule has 2 unspecified atom stereocenters. The van der Waals surface area contributed by atoms with Crippen LogP contribution in [-0.4, -0.2) is 22.2 Å². The minimum Gasteiger partial charge on any atom is -0.480 e. The van der Waals surface area contributed by atoms with Crippen molar-refractivity contribution in [2.45, 2.75) is 19.1 Å². The van der Waals surface area contributed by atoms with E-state index in [0.29, 0.717) is 10.2 Å². The van der Waals surface area contributed by atoms with Gasteiger partial charge in [0.05, 0.1) is 0 Å². The third kappa shape index (κ3) is 2.14. The zero-order valence-electron chi connectivity index (χ0n) is 7.40. The maximum atomic E-state index is 10.5. The van der Waals surface area contributed by atoms with Crippen LogP contribution in [0.2, 0.25) is 0 Å². The van der Waals surface area contributed by atoms with Crippen LogP contribution in [0.25, 0.3) is 0 Å². The normalized spacial score (nSPS) is 15.1. The monoisotopic (exact) mass is 263 g/mol. The van der Waals surface area contributed by atoms with Crippen molar-refractivity contribution < 1.29 is 19.4 Å². The summed E-state index contributed by atoms with van der Waals surface area (Å²) in [5, 5.41) is 18.1. The van der Waals surface area contributed by atoms with Gasteiger partial charge in [-0.1, -0.05) is 0 Å². The van der Waals surface area contributed by atoms with Crippen LogP contribution in [0.4, 0.5) is 0 Å². The number of aryl methyl sites for hydroxylation is 1. The van der Waals surface area contributed by atoms with E-state index in [2.05, 4.69) is 15.9 Å². The molecule has 14 heavy (non-hydrogen) atoms. The summed E-state index contributed by atoms with van der Waals surface area (Å²) < 4.78 is 5.50. The molecule has 0 radical (unpaired) electrons. The molecule has 0 aromatic carbocycles. The molecule has 1 heterocycles. The number of furan rings is 1. The second-order valence-electron chi connectivity index (χ2n) is 2.91. The average Bonchev–Trinajstić information content (AvgIpc) is 2.42. The fourth-order valence-corrected chi connectivity index (χ4v) is 1.57. The molecule has 0 saturated heterocycles. The van der Waals surface area contributed by atoms with Gasteiger partial charge in [-0.15, -0.1) is 0 Å². The Labute approximate surface area is 88.6 Å². The van der Waals surface area contributed by atoms with E-state index in [1.165, 1.54) is 0 Å². The van der Waals surface area contributed by atoms with Crippen molar-refractivity contribution in [1.29, 1.82) is 0 Å². The SMILES string of the molecule is Cc1cc(Br)oc1C(O)C(N)C(=O)O. The number of aliphatic carboxylic acids is 1. The highest BCUT2D eigenvalue weighted by atomic mass is 79.9. The van der Waals surface area contributed by atoms with Crippen LogP contribution in [0, 0.1) is 6.92 Å². The highest BCUT2D eigenvalue weighted by molar-refractivity contribution is 9.10. The molecule has 6 heteroatoms. The summed E-state index contributed by atoms with van der Waals surface area (Å²) in [7, 11) is 0. The molecule has 0 fully saturated rings. The molecule has 1 aromatic rings. The van der Waals surface area contributed by atoms with Gasteiger partial charge in [-0.05, 0) is 34.5 Å². The third-order valence-corrected chi connectivity index (χ3v) is 2.21. The lowest BCUT2D eigenvalue weighted by molar-refractivity contribution is -0.141. The second-order valence-corrected chi connectivity index (χ2v) is 3.69. The summed E-state index contributed by atoms with van der Waals surface area (Å²) in [6.45, 7) is 1.70. The van der Waals surface area contributed by atoms with Crippen LogP contribution in [0.1, 0.15) is 17.4 Å². The number of hydrogen-bond donors (Lipinski definition) is 3. The fraction of sp³-hybridized carbons (Fsp3) is 0.375. The van der Waals surface area contributed by atoms with Crippen LogP contribution in [-0.2, 0) is 4.79 Å². The number of hydrogen-bond acceptors (Lipinski definition) is 4. The molecule has 0 aliphatic heterocycles. The number of aliphatic hydroxyl groups excluding tert-OH is 1. The Balaban J connectivity index is 2.94. The van der Waals surface area contributed by atoms with E-state index >= 15 is 0 Å². The molecule has 0 aliphatic carbocycles. The quantitative estimate of drug-likeness (QED) is 0.750. The molecule has 0 bridgehead atoms. The van der Waals surface area contributed by atoms with Crippen molar-refractivity contribution in [1.82, 2.24) is 0 Å². The van der Waals surface area contributed by atoms with E-state index in [9.17, 15) is 9.90 Å². The highest BCUT2D eigenvalue weighted by Crippen LogP contribution is 2.26. The molecule has 0 saturated carbocycles. The summed E-state index contributed by atoms with van der Waals surface area (Å²) in [4.78, 5) is 10.5. The van der Waals surface area contributed by atoms with Gasteiger partial charge in [0.25, 0.3) is 0 Å². The summed E-state index contributed by atoms with van der Waals surface area (Å²) >= 11 is 3.07. The first-order valence-electron chi connectivity index (χ1n) is 3.85. The Kier molecular flexibility index (Phi) is 3.30. The first kappa shape index (κ1) is 11.2. The van der Waals surface area contributed by atoms with E-state index in [1.807, 2.05) is 0 Å². The standard InChI is InChI=1S/C8H10BrNO4/c1-3-2-4(9)14-7(3)6(11)5(10)8(12)13/h2,5-6,11H,10H2,1H3,(H,12,13). The zero-order chi connectivity index (χ0) is 10.9. The number of carbonyl (C=O) groups is 1. The first-order chi connectivity index (χ1) is 6.43. The first-order valence-corrected chi connectivity index (χ1v) is 4.65. The van der Waals surface area contributed by atoms with Gasteiger partial charge < -0.3 is 20.4 Å². The topological polar surface area (TPSA) is 96.7 Å². The van der Waals surface area contributed by atoms with Crippen molar-refractivity contribution in [2.24, 2.45) is 5.73 Å². The Bertz CT molecular complexity index is 349. The third-order valence-electron chi connectivity index (χ3n) is 1.82. The number of aliphatic hydroxyl groups is 1. The predicted octanol–water partition coefficient (Wildman–Crippen LogP) is 0.796. The van der Waals surface area contributed by atoms with Crippen molar-refractivity contribution in [3.05, 3.63) is 22.1 Å². The molecule has 0 aliphatic rings. The molecule has 0 amide bonds. The lowest BCUT2D eigenvalue weighted by Gasteiger charge is -2.12. The van der Waals surface area contributed by atoms with Gasteiger partial charge >= 0.3 is 5.97 Å². The minimum atomic E-state index is -1.38. The molecule has 1 rings (SSSR count). The smallest absolute Gasteiger partial charge is 0.323 e. The van der Waals surface area contributed by atoms with Gasteiger partial charge in [0.1, 0.15) is 17.9 Å². The van der Waals surface area contributed by atoms with Crippen LogP contribution < -0.4 is 5.73 Å². The van der Waals surface area contributed by atoms with E-state index < -0.39 is 18.1 Å². The fourth-order valence-electron chi connectivity index (χ4n) is 1.05. The Morgan fingerprint density at radius 3 is 2.64 bits per heavy atom. The van der Waals surface area contributed by atoms with E-state index in [-0.39, 0.29) is 5.76 Å². The average molecular weight is 264 g/mol. The lowest BCUT2D eigenvalue weighted by Crippen LogP contribution is -2.36. The molecule has 4 N–H and O–H groups in total. The van der Waals surface area contributed by atoms with E-state index in [4.69, 9.17) is 15.3 Å². The number of halogens is 1. The van der Waals surface area contributed by atoms with Gasteiger partial charge in [-0.25, -0.2) is 0 Å². The van der Waals surface area contributed by atoms with Crippen molar-refractivity contribution in [3.63, 3.8) is 0 Å². The maximum Gasteiger partial charge on any atom is 0.323 e. The van der Waals surface area contributed by atoms with E-state index in [1.54, 1.807) is 13.0 Å². The summed E-state index contributed by atoms with van der Waals surface area (Å²) in [5.41, 5.74) is 5.90. The van der Waals surface area contributed by atoms with Gasteiger partial charge in [0.15, 0.2) is 4.67 Å². The molecule has 2 atom stereocenters. The predicted molar refractivity (Wildman–Crippen MR) is 51.7 cm³/mol. The Hall–Kier alpha value is -0.850. The molecule has 1 aromatic heterocycles. The van der Waals surface area contributed by atoms with Crippen LogP contribution in [0.5, 0.6) is 0 Å². The summed E-state index contributed by atoms with van der Waals surface area (Å²) in [6.07, 6.45) is -1.33. The van der Waals surface area contributed by atoms with Crippen molar-refractivity contribution in [2.75, 3.05) is 0 Å². The number of rotatable bonds is 3. The number of carboxylic acids is 1. The molecule has 78 valence electrons. The molecular weight excluding hydrogens is 254 g/mol. The van der Waals surface area contributed by atoms with Crippen molar-refractivity contribution in [3.8, 4) is 0 Å². The summed E-state index contributed by atoms with van der Waals surface area (Å²) in [5.74, 6) is -1.10. The van der Waals surface area contributed by atoms with Crippen LogP contribution in [0.15, 0.2) is 15.2 Å². The number of carboxylic acid groups (broad SMARTS) is 1. The highest BCUT2D eigenvalue weighted by Gasteiger charge is 2.27. The summed E-state index contributed by atoms with van der Waals surface area (Å²) in [6, 6.07) is 0.249. The van der Waals surface area contributed by atoms with Gasteiger partial charge in [-0.2, -0.15) is 0 Å². The Morgan fingerprint density at radius 2 is 2.29 bits per heavy atom. The van der Waals surface area contributed by atoms with Gasteiger partial charge in [0, 0.05) is 0 Å². The lowest BCUT2D eigenvalue weighted by atomic mass is 10.1. The number of nitrogens with two attached hydrogens (primary N) is 1. The van der Waals surface area contributed by atoms with Gasteiger partial charge in [-0.3, -0.25) is 4.79 Å². The van der Waals surface area contributed by atoms with Crippen LogP contribution in [0.3, 0.4) is 0 Å². The molecular formula is C8H10BrNO4. The molecule has 0 spiro atoms. The molecule has 5 nitrogen and oxygen atoms in total.